The molecule has 3 unspecified atom stereocenters. The Labute approximate surface area is 456 Å². The summed E-state index contributed by atoms with van der Waals surface area (Å²) in [6.45, 7) is 3.20. The molecule has 0 radical (unpaired) electrons. The third kappa shape index (κ3) is 19.3. The molecule has 0 aromatic heterocycles. The number of rotatable bonds is 19. The van der Waals surface area contributed by atoms with Gasteiger partial charge in [0.15, 0.2) is 5.96 Å². The van der Waals surface area contributed by atoms with Crippen LogP contribution in [0.1, 0.15) is 89.2 Å². The molecular weight excluding hydrogens is 1030 g/mol. The molecule has 2 aromatic rings. The van der Waals surface area contributed by atoms with Crippen molar-refractivity contribution in [2.45, 2.75) is 133 Å². The number of nitrogens with one attached hydrogen (secondary N) is 7. The zero-order valence-corrected chi connectivity index (χ0v) is 45.3. The van der Waals surface area contributed by atoms with Gasteiger partial charge < -0.3 is 65.1 Å². The second-order valence-electron chi connectivity index (χ2n) is 19.8. The highest BCUT2D eigenvalue weighted by Crippen LogP contribution is 2.36. The summed E-state index contributed by atoms with van der Waals surface area (Å²) in [7, 11) is 2.47. The Morgan fingerprint density at radius 2 is 1.27 bits per heavy atom. The zero-order valence-electron chi connectivity index (χ0n) is 43.7. The van der Waals surface area contributed by atoms with Crippen LogP contribution in [0.5, 0.6) is 0 Å². The topological polar surface area (TPSA) is 375 Å². The van der Waals surface area contributed by atoms with E-state index in [0.29, 0.717) is 18.4 Å². The van der Waals surface area contributed by atoms with Gasteiger partial charge in [-0.05, 0) is 61.5 Å². The molecule has 5 rings (SSSR count). The fraction of sp³-hybridized carbons (Fsp3) is 0.558. The van der Waals surface area contributed by atoms with Crippen molar-refractivity contribution in [2.75, 3.05) is 31.1 Å². The maximum atomic E-state index is 14.9. The van der Waals surface area contributed by atoms with Gasteiger partial charge in [0.2, 0.25) is 59.1 Å². The van der Waals surface area contributed by atoms with Crippen LogP contribution in [0.2, 0.25) is 0 Å². The number of nitrogens with zero attached hydrogens (tertiary/aromatic N) is 2. The Morgan fingerprint density at radius 3 is 1.86 bits per heavy atom. The van der Waals surface area contributed by atoms with Crippen molar-refractivity contribution in [1.82, 2.24) is 42.1 Å². The van der Waals surface area contributed by atoms with E-state index in [9.17, 15) is 47.9 Å². The van der Waals surface area contributed by atoms with E-state index in [4.69, 9.17) is 22.9 Å². The van der Waals surface area contributed by atoms with Crippen molar-refractivity contribution in [3.63, 3.8) is 0 Å². The van der Waals surface area contributed by atoms with Gasteiger partial charge in [0, 0.05) is 37.4 Å². The first-order valence-corrected chi connectivity index (χ1v) is 28.7. The van der Waals surface area contributed by atoms with Crippen LogP contribution in [0.25, 0.3) is 0 Å². The summed E-state index contributed by atoms with van der Waals surface area (Å²) >= 11 is 0. The molecule has 420 valence electrons. The second kappa shape index (κ2) is 30.7. The van der Waals surface area contributed by atoms with Crippen LogP contribution in [-0.2, 0) is 60.8 Å². The third-order valence-corrected chi connectivity index (χ3v) is 16.5. The zero-order chi connectivity index (χ0) is 56.0. The minimum atomic E-state index is -1.65. The number of guanidine groups is 1. The highest BCUT2D eigenvalue weighted by molar-refractivity contribution is 8.76. The van der Waals surface area contributed by atoms with Crippen molar-refractivity contribution in [3.05, 3.63) is 71.8 Å². The lowest BCUT2D eigenvalue weighted by atomic mass is 9.91. The monoisotopic (exact) mass is 1110 g/mol. The Kier molecular flexibility index (Phi) is 24.3. The molecule has 77 heavy (non-hydrogen) atoms. The molecule has 2 saturated heterocycles. The first-order chi connectivity index (χ1) is 36.8. The minimum absolute atomic E-state index is 0.00699. The summed E-state index contributed by atoms with van der Waals surface area (Å²) in [6.07, 6.45) is 3.94. The number of benzene rings is 2. The standard InChI is InChI=1S/C52H75N13O10S2/c1-3-30(2)43-50(74)62-38(26-41(53)66)47(71)63-39(51(75)65-23-13-21-40(65)49(73)59-35(20-12-22-57-52(55)56)45(69)58-27-42(54)67)29-77-76-28-34(33-18-10-11-19-33)44(68)60-36(24-31-14-6-4-7-15-31)46(70)61-37(48(72)64-43)25-32-16-8-5-9-17-32/h4-9,14-17,30,33-40,43H,3,10-13,18-29H2,1-2H3,(H2,53,66)(H2,54,67)(H,58,69)(H,59,73)(H,60,68)(H,61,70)(H,62,74)(H,63,71)(H,64,72)(H4,55,56,57)/t30-,34?,35-,36?,37-,38?,39-,40-,43-/m0/s1. The molecule has 15 N–H and O–H groups in total. The molecule has 3 fully saturated rings. The molecule has 3 aliphatic rings. The Balaban J connectivity index is 1.51. The van der Waals surface area contributed by atoms with E-state index in [-0.39, 0.29) is 74.5 Å². The summed E-state index contributed by atoms with van der Waals surface area (Å²) in [4.78, 5) is 144. The van der Waals surface area contributed by atoms with Crippen LogP contribution >= 0.6 is 21.6 Å². The van der Waals surface area contributed by atoms with Gasteiger partial charge in [-0.25, -0.2) is 0 Å². The maximum absolute atomic E-state index is 14.9. The van der Waals surface area contributed by atoms with Gasteiger partial charge in [-0.1, -0.05) is 115 Å². The quantitative estimate of drug-likeness (QED) is 0.0354. The summed E-state index contributed by atoms with van der Waals surface area (Å²) in [5.41, 5.74) is 23.3. The van der Waals surface area contributed by atoms with Gasteiger partial charge in [0.05, 0.1) is 18.9 Å². The number of amides is 10. The van der Waals surface area contributed by atoms with Crippen molar-refractivity contribution in [3.8, 4) is 0 Å². The molecule has 2 heterocycles. The van der Waals surface area contributed by atoms with Crippen molar-refractivity contribution in [1.29, 1.82) is 0 Å². The molecule has 2 aliphatic heterocycles. The number of primary amides is 2. The summed E-state index contributed by atoms with van der Waals surface area (Å²) in [5, 5.41) is 19.1. The third-order valence-electron chi connectivity index (χ3n) is 14.0. The molecule has 1 aliphatic carbocycles. The van der Waals surface area contributed by atoms with Crippen LogP contribution in [0.4, 0.5) is 0 Å². The van der Waals surface area contributed by atoms with Gasteiger partial charge in [0.1, 0.15) is 42.3 Å². The number of carbonyl (C=O) groups excluding carboxylic acids is 10. The van der Waals surface area contributed by atoms with E-state index in [1.54, 1.807) is 44.2 Å². The van der Waals surface area contributed by atoms with Gasteiger partial charge in [-0.3, -0.25) is 52.9 Å². The average Bonchev–Trinajstić information content (AvgIpc) is 4.13. The van der Waals surface area contributed by atoms with E-state index in [0.717, 1.165) is 31.2 Å². The lowest BCUT2D eigenvalue weighted by Crippen LogP contribution is -2.62. The van der Waals surface area contributed by atoms with Crippen molar-refractivity contribution in [2.24, 2.45) is 45.7 Å². The normalized spacial score (nSPS) is 24.1. The maximum Gasteiger partial charge on any atom is 0.246 e. The van der Waals surface area contributed by atoms with E-state index in [2.05, 4.69) is 42.2 Å². The molecule has 0 spiro atoms. The van der Waals surface area contributed by atoms with Gasteiger partial charge in [-0.2, -0.15) is 0 Å². The van der Waals surface area contributed by atoms with E-state index in [1.807, 2.05) is 30.3 Å². The molecule has 9 atom stereocenters. The first-order valence-electron chi connectivity index (χ1n) is 26.2. The van der Waals surface area contributed by atoms with Gasteiger partial charge >= 0.3 is 0 Å². The second-order valence-corrected chi connectivity index (χ2v) is 22.3. The molecule has 25 heteroatoms. The van der Waals surface area contributed by atoms with Crippen LogP contribution < -0.4 is 60.2 Å². The summed E-state index contributed by atoms with van der Waals surface area (Å²) in [5.74, 6) is -8.64. The van der Waals surface area contributed by atoms with Gasteiger partial charge in [-0.15, -0.1) is 0 Å². The van der Waals surface area contributed by atoms with Crippen LogP contribution in [0.3, 0.4) is 0 Å². The van der Waals surface area contributed by atoms with Crippen LogP contribution in [-0.4, -0.2) is 143 Å². The lowest BCUT2D eigenvalue weighted by Gasteiger charge is -2.31. The van der Waals surface area contributed by atoms with Gasteiger partial charge in [0.25, 0.3) is 0 Å². The number of hydrogen-bond donors (Lipinski definition) is 11. The van der Waals surface area contributed by atoms with E-state index in [1.165, 1.54) is 26.5 Å². The average molecular weight is 1110 g/mol. The van der Waals surface area contributed by atoms with Crippen LogP contribution in [0, 0.1) is 17.8 Å². The summed E-state index contributed by atoms with van der Waals surface area (Å²) in [6, 6.07) is 9.07. The SMILES string of the molecule is CC[C@H](C)[C@@H]1NC(=O)[C@H](Cc2ccccc2)NC(=O)C(Cc2ccccc2)NC(=O)C(C2CCCC2)CSSC[C@@H](C(=O)N2CCC[C@H]2C(=O)N[C@@H](CCCN=C(N)N)C(=O)NCC(N)=O)NC(=O)C(CC(N)=O)NC1=O. The first kappa shape index (κ1) is 61.0. The Hall–Kier alpha value is -6.89. The number of likely N-dealkylation sites (tertiary alicyclic amines) is 1. The fourth-order valence-corrected chi connectivity index (χ4v) is 12.2. The molecular formula is C52H75N13O10S2. The molecule has 10 amide bonds. The van der Waals surface area contributed by atoms with Crippen molar-refractivity contribution < 1.29 is 47.9 Å². The smallest absolute Gasteiger partial charge is 0.246 e. The summed E-state index contributed by atoms with van der Waals surface area (Å²) < 4.78 is 0. The predicted octanol–water partition coefficient (Wildman–Crippen LogP) is -0.850. The fourth-order valence-electron chi connectivity index (χ4n) is 9.61. The number of nitrogens with two attached hydrogens (primary N) is 4. The predicted molar refractivity (Wildman–Crippen MR) is 292 cm³/mol. The highest BCUT2D eigenvalue weighted by Gasteiger charge is 2.41. The number of carbonyl (C=O) groups is 10. The number of hydrogen-bond acceptors (Lipinski definition) is 13. The lowest BCUT2D eigenvalue weighted by molar-refractivity contribution is -0.142. The highest BCUT2D eigenvalue weighted by atomic mass is 33.1. The van der Waals surface area contributed by atoms with Crippen LogP contribution in [0.15, 0.2) is 65.7 Å². The minimum Gasteiger partial charge on any atom is -0.370 e. The Bertz CT molecular complexity index is 2410. The molecule has 23 nitrogen and oxygen atoms in total. The molecule has 1 saturated carbocycles. The van der Waals surface area contributed by atoms with E-state index >= 15 is 0 Å². The van der Waals surface area contributed by atoms with E-state index < -0.39 is 120 Å². The Morgan fingerprint density at radius 1 is 0.701 bits per heavy atom. The number of aliphatic imine (C=N–C) groups is 1. The molecule has 2 aromatic carbocycles. The molecule has 0 bridgehead atoms. The van der Waals surface area contributed by atoms with Crippen molar-refractivity contribution >= 4 is 86.6 Å². The largest absolute Gasteiger partial charge is 0.370 e.